The summed E-state index contributed by atoms with van der Waals surface area (Å²) in [5.41, 5.74) is 3.60. The number of sulfone groups is 1. The van der Waals surface area contributed by atoms with E-state index < -0.39 is 15.8 Å². The van der Waals surface area contributed by atoms with E-state index in [4.69, 9.17) is 26.2 Å². The van der Waals surface area contributed by atoms with Gasteiger partial charge in [0.2, 0.25) is 0 Å². The number of hydrogen-bond donors (Lipinski definition) is 0. The predicted molar refractivity (Wildman–Crippen MR) is 136 cm³/mol. The molecule has 182 valence electrons. The molecule has 9 heteroatoms. The van der Waals surface area contributed by atoms with Crippen LogP contribution in [-0.2, 0) is 19.4 Å². The van der Waals surface area contributed by atoms with Crippen LogP contribution in [0.2, 0.25) is 5.02 Å². The van der Waals surface area contributed by atoms with Gasteiger partial charge in [0.15, 0.2) is 16.4 Å². The van der Waals surface area contributed by atoms with Crippen LogP contribution in [0.3, 0.4) is 0 Å². The summed E-state index contributed by atoms with van der Waals surface area (Å²) in [6.45, 7) is 1.91. The van der Waals surface area contributed by atoms with Crippen LogP contribution < -0.4 is 9.75 Å². The topological polar surface area (TPSA) is 85.3 Å². The van der Waals surface area contributed by atoms with Crippen molar-refractivity contribution in [3.63, 3.8) is 0 Å². The molecule has 1 aliphatic heterocycles. The fourth-order valence-electron chi connectivity index (χ4n) is 3.80. The number of benzene rings is 3. The first-order valence-electron chi connectivity index (χ1n) is 11.1. The van der Waals surface area contributed by atoms with Gasteiger partial charge in [-0.15, -0.1) is 0 Å². The second-order valence-electron chi connectivity index (χ2n) is 8.05. The molecule has 3 aromatic carbocycles. The Bertz CT molecular complexity index is 1320. The first-order chi connectivity index (χ1) is 16.7. The zero-order chi connectivity index (χ0) is 25.0. The number of nitrogens with zero attached hydrogens (tertiary/aromatic N) is 2. The quantitative estimate of drug-likeness (QED) is 0.393. The van der Waals surface area contributed by atoms with Crippen LogP contribution in [0.15, 0.2) is 82.8 Å². The molecular formula is C26H25ClN2O5S. The molecule has 0 spiro atoms. The highest BCUT2D eigenvalue weighted by Crippen LogP contribution is 2.37. The van der Waals surface area contributed by atoms with E-state index in [0.29, 0.717) is 23.8 Å². The SMILES string of the molecule is CCOC(=O)COc1ccc(C2=NN(c3ccc(S(C)(=O)=O)cc3)C(c3ccc(Cl)cc3)C2)cc1. The molecule has 0 radical (unpaired) electrons. The number of carbonyl (C=O) groups is 1. The first-order valence-corrected chi connectivity index (χ1v) is 13.3. The van der Waals surface area contributed by atoms with Gasteiger partial charge in [0, 0.05) is 17.7 Å². The zero-order valence-corrected chi connectivity index (χ0v) is 20.9. The number of carbonyl (C=O) groups excluding carboxylic acids is 1. The Morgan fingerprint density at radius 1 is 1.03 bits per heavy atom. The van der Waals surface area contributed by atoms with Gasteiger partial charge >= 0.3 is 5.97 Å². The smallest absolute Gasteiger partial charge is 0.344 e. The van der Waals surface area contributed by atoms with Crippen molar-refractivity contribution in [3.8, 4) is 5.75 Å². The van der Waals surface area contributed by atoms with Gasteiger partial charge in [0.1, 0.15) is 5.75 Å². The highest BCUT2D eigenvalue weighted by molar-refractivity contribution is 7.90. The Morgan fingerprint density at radius 3 is 2.29 bits per heavy atom. The molecule has 0 amide bonds. The van der Waals surface area contributed by atoms with Crippen LogP contribution in [0.1, 0.15) is 30.5 Å². The lowest BCUT2D eigenvalue weighted by molar-refractivity contribution is -0.145. The minimum absolute atomic E-state index is 0.0916. The molecule has 1 aliphatic rings. The highest BCUT2D eigenvalue weighted by atomic mass is 35.5. The Kier molecular flexibility index (Phi) is 7.42. The molecule has 0 aromatic heterocycles. The van der Waals surface area contributed by atoms with Crippen molar-refractivity contribution in [2.45, 2.75) is 24.3 Å². The van der Waals surface area contributed by atoms with Crippen molar-refractivity contribution >= 4 is 38.8 Å². The maximum Gasteiger partial charge on any atom is 0.344 e. The molecule has 3 aromatic rings. The second-order valence-corrected chi connectivity index (χ2v) is 10.5. The van der Waals surface area contributed by atoms with E-state index in [1.807, 2.05) is 41.4 Å². The van der Waals surface area contributed by atoms with Crippen LogP contribution in [0, 0.1) is 0 Å². The molecule has 1 heterocycles. The van der Waals surface area contributed by atoms with Gasteiger partial charge in [0.05, 0.1) is 28.9 Å². The number of hydrazone groups is 1. The van der Waals surface area contributed by atoms with Crippen molar-refractivity contribution in [2.24, 2.45) is 5.10 Å². The molecule has 0 N–H and O–H groups in total. The largest absolute Gasteiger partial charge is 0.482 e. The molecule has 35 heavy (non-hydrogen) atoms. The lowest BCUT2D eigenvalue weighted by atomic mass is 9.98. The minimum atomic E-state index is -3.29. The Balaban J connectivity index is 1.60. The number of esters is 1. The maximum absolute atomic E-state index is 11.9. The van der Waals surface area contributed by atoms with Gasteiger partial charge < -0.3 is 9.47 Å². The standard InChI is InChI=1S/C26H25ClN2O5S/c1-3-33-26(30)17-34-22-12-6-18(7-13-22)24-16-25(19-4-8-20(27)9-5-19)29(28-24)21-10-14-23(15-11-21)35(2,31)32/h4-15,25H,3,16-17H2,1-2H3. The third-order valence-electron chi connectivity index (χ3n) is 5.54. The van der Waals surface area contributed by atoms with Crippen LogP contribution in [0.5, 0.6) is 5.75 Å². The van der Waals surface area contributed by atoms with Crippen LogP contribution in [0.4, 0.5) is 5.69 Å². The summed E-state index contributed by atoms with van der Waals surface area (Å²) in [4.78, 5) is 11.8. The van der Waals surface area contributed by atoms with E-state index in [9.17, 15) is 13.2 Å². The third-order valence-corrected chi connectivity index (χ3v) is 6.92. The Labute approximate surface area is 209 Å². The molecule has 4 rings (SSSR count). The summed E-state index contributed by atoms with van der Waals surface area (Å²) >= 11 is 6.09. The predicted octanol–water partition coefficient (Wildman–Crippen LogP) is 5.04. The molecule has 0 aliphatic carbocycles. The van der Waals surface area contributed by atoms with E-state index in [1.54, 1.807) is 43.3 Å². The summed E-state index contributed by atoms with van der Waals surface area (Å²) in [5, 5.41) is 7.43. The molecule has 1 atom stereocenters. The summed E-state index contributed by atoms with van der Waals surface area (Å²) in [6, 6.07) is 21.6. The molecule has 0 saturated heterocycles. The van der Waals surface area contributed by atoms with E-state index in [1.165, 1.54) is 6.26 Å². The van der Waals surface area contributed by atoms with Gasteiger partial charge in [-0.05, 0) is 78.7 Å². The van der Waals surface area contributed by atoms with Crippen molar-refractivity contribution < 1.29 is 22.7 Å². The second kappa shape index (κ2) is 10.5. The van der Waals surface area contributed by atoms with Gasteiger partial charge in [-0.2, -0.15) is 5.10 Å². The normalized spacial score (nSPS) is 15.6. The van der Waals surface area contributed by atoms with Gasteiger partial charge in [0.25, 0.3) is 0 Å². The van der Waals surface area contributed by atoms with E-state index in [0.717, 1.165) is 22.5 Å². The number of halogens is 1. The van der Waals surface area contributed by atoms with Gasteiger partial charge in [-0.1, -0.05) is 23.7 Å². The van der Waals surface area contributed by atoms with E-state index in [2.05, 4.69) is 0 Å². The summed E-state index contributed by atoms with van der Waals surface area (Å²) in [7, 11) is -3.29. The van der Waals surface area contributed by atoms with Crippen LogP contribution in [-0.4, -0.2) is 39.6 Å². The number of ether oxygens (including phenoxy) is 2. The van der Waals surface area contributed by atoms with Gasteiger partial charge in [-0.25, -0.2) is 13.2 Å². The van der Waals surface area contributed by atoms with Gasteiger partial charge in [-0.3, -0.25) is 5.01 Å². The monoisotopic (exact) mass is 512 g/mol. The molecule has 0 saturated carbocycles. The molecule has 0 bridgehead atoms. The zero-order valence-electron chi connectivity index (χ0n) is 19.3. The summed E-state index contributed by atoms with van der Waals surface area (Å²) in [5.74, 6) is 0.142. The number of hydrogen-bond acceptors (Lipinski definition) is 7. The number of rotatable bonds is 8. The van der Waals surface area contributed by atoms with E-state index >= 15 is 0 Å². The van der Waals surface area contributed by atoms with Crippen molar-refractivity contribution in [3.05, 3.63) is 88.9 Å². The Morgan fingerprint density at radius 2 is 1.69 bits per heavy atom. The molecule has 7 nitrogen and oxygen atoms in total. The molecule has 1 unspecified atom stereocenters. The minimum Gasteiger partial charge on any atom is -0.482 e. The fourth-order valence-corrected chi connectivity index (χ4v) is 4.56. The maximum atomic E-state index is 11.9. The summed E-state index contributed by atoms with van der Waals surface area (Å²) in [6.07, 6.45) is 1.82. The lowest BCUT2D eigenvalue weighted by Gasteiger charge is -2.24. The van der Waals surface area contributed by atoms with Crippen LogP contribution >= 0.6 is 11.6 Å². The van der Waals surface area contributed by atoms with Crippen LogP contribution in [0.25, 0.3) is 0 Å². The molecule has 0 fully saturated rings. The lowest BCUT2D eigenvalue weighted by Crippen LogP contribution is -2.18. The van der Waals surface area contributed by atoms with Crippen molar-refractivity contribution in [2.75, 3.05) is 24.5 Å². The fraction of sp³-hybridized carbons (Fsp3) is 0.231. The highest BCUT2D eigenvalue weighted by Gasteiger charge is 2.30. The number of anilines is 1. The van der Waals surface area contributed by atoms with Crippen molar-refractivity contribution in [1.82, 2.24) is 0 Å². The third kappa shape index (κ3) is 6.01. The molecular weight excluding hydrogens is 488 g/mol. The average molecular weight is 513 g/mol. The Hall–Kier alpha value is -3.36. The average Bonchev–Trinajstić information content (AvgIpc) is 3.29. The van der Waals surface area contributed by atoms with Crippen molar-refractivity contribution in [1.29, 1.82) is 0 Å². The summed E-state index contributed by atoms with van der Waals surface area (Å²) < 4.78 is 34.1. The van der Waals surface area contributed by atoms with E-state index in [-0.39, 0.29) is 17.5 Å². The first kappa shape index (κ1) is 24.8.